The smallest absolute Gasteiger partial charge is 0.481 e. The number of alkyl halides is 3. The molecule has 3 aromatic carbocycles. The minimum Gasteiger partial charge on any atom is -0.481 e. The number of aliphatic imine (C=N–C) groups is 2. The van der Waals surface area contributed by atoms with Crippen molar-refractivity contribution in [2.75, 3.05) is 19.3 Å². The number of guanidine groups is 1. The first-order valence-corrected chi connectivity index (χ1v) is 14.3. The number of fused-ring (bicyclic) bond motifs is 1. The zero-order chi connectivity index (χ0) is 30.7. The van der Waals surface area contributed by atoms with E-state index in [1.54, 1.807) is 30.3 Å². The first-order chi connectivity index (χ1) is 19.7. The van der Waals surface area contributed by atoms with E-state index in [2.05, 4.69) is 4.74 Å². The molecular weight excluding hydrogens is 577 g/mol. The molecule has 0 fully saturated rings. The number of carboxylic acids is 1. The topological polar surface area (TPSA) is 144 Å². The van der Waals surface area contributed by atoms with Gasteiger partial charge in [0, 0.05) is 20.0 Å². The van der Waals surface area contributed by atoms with Crippen LogP contribution in [0.3, 0.4) is 0 Å². The zero-order valence-electron chi connectivity index (χ0n) is 22.5. The van der Waals surface area contributed by atoms with E-state index in [0.717, 1.165) is 19.6 Å². The van der Waals surface area contributed by atoms with Gasteiger partial charge >= 0.3 is 16.5 Å². The first kappa shape index (κ1) is 30.4. The van der Waals surface area contributed by atoms with E-state index in [4.69, 9.17) is 29.8 Å². The number of benzene rings is 3. The largest absolute Gasteiger partial charge is 0.573 e. The highest BCUT2D eigenvalue weighted by molar-refractivity contribution is 7.86. The summed E-state index contributed by atoms with van der Waals surface area (Å²) in [6, 6.07) is 19.4. The number of carbonyl (C=O) groups is 1. The Hall–Kier alpha value is -4.59. The third kappa shape index (κ3) is 7.00. The van der Waals surface area contributed by atoms with Crippen LogP contribution < -0.4 is 14.7 Å². The number of hydrogen-bond donors (Lipinski definition) is 2. The Labute approximate surface area is 240 Å². The highest BCUT2D eigenvalue weighted by atomic mass is 32.2. The molecule has 0 aliphatic carbocycles. The van der Waals surface area contributed by atoms with E-state index in [-0.39, 0.29) is 17.5 Å². The predicted molar refractivity (Wildman–Crippen MR) is 150 cm³/mol. The van der Waals surface area contributed by atoms with Crippen molar-refractivity contribution in [2.24, 2.45) is 15.7 Å². The van der Waals surface area contributed by atoms with Crippen molar-refractivity contribution >= 4 is 27.9 Å². The Morgan fingerprint density at radius 3 is 2.24 bits per heavy atom. The van der Waals surface area contributed by atoms with Gasteiger partial charge in [0.25, 0.3) is 5.97 Å². The van der Waals surface area contributed by atoms with Crippen LogP contribution in [0.4, 0.5) is 13.2 Å². The van der Waals surface area contributed by atoms with Gasteiger partial charge in [-0.1, -0.05) is 42.5 Å². The number of carboxylic acid groups (broad SMARTS) is 1. The summed E-state index contributed by atoms with van der Waals surface area (Å²) in [7, 11) is -3.72. The molecule has 222 valence electrons. The number of amidine groups is 1. The van der Waals surface area contributed by atoms with Crippen LogP contribution in [0, 0.1) is 0 Å². The fourth-order valence-corrected chi connectivity index (χ4v) is 5.16. The lowest BCUT2D eigenvalue weighted by molar-refractivity contribution is -0.274. The lowest BCUT2D eigenvalue weighted by atomic mass is 9.81. The van der Waals surface area contributed by atoms with E-state index in [0.29, 0.717) is 41.2 Å². The average molecular weight is 605 g/mol. The summed E-state index contributed by atoms with van der Waals surface area (Å²) < 4.78 is 70.6. The molecule has 3 aromatic rings. The summed E-state index contributed by atoms with van der Waals surface area (Å²) in [4.78, 5) is 20.5. The lowest BCUT2D eigenvalue weighted by Crippen LogP contribution is -2.46. The Morgan fingerprint density at radius 1 is 1.00 bits per heavy atom. The monoisotopic (exact) mass is 604 g/mol. The number of hydrogen-bond acceptors (Lipinski definition) is 9. The van der Waals surface area contributed by atoms with Crippen molar-refractivity contribution in [3.05, 3.63) is 83.9 Å². The summed E-state index contributed by atoms with van der Waals surface area (Å²) in [5.41, 5.74) is 7.68. The third-order valence-corrected chi connectivity index (χ3v) is 6.64. The van der Waals surface area contributed by atoms with Gasteiger partial charge in [0.15, 0.2) is 11.5 Å². The Balaban J connectivity index is 0.000000952. The normalized spacial score (nSPS) is 18.2. The molecule has 0 saturated heterocycles. The molecule has 5 rings (SSSR count). The molecular formula is C28H27F3N4O6S. The predicted octanol–water partition coefficient (Wildman–Crippen LogP) is 4.36. The summed E-state index contributed by atoms with van der Waals surface area (Å²) in [5, 5.41) is 7.42. The fraction of sp³-hybridized carbons (Fsp3) is 0.250. The molecule has 0 saturated carbocycles. The van der Waals surface area contributed by atoms with Gasteiger partial charge in [-0.05, 0) is 59.0 Å². The van der Waals surface area contributed by atoms with Crippen LogP contribution in [0.2, 0.25) is 0 Å². The van der Waals surface area contributed by atoms with E-state index in [9.17, 15) is 21.6 Å². The van der Waals surface area contributed by atoms with Crippen LogP contribution in [-0.2, 0) is 20.5 Å². The maximum Gasteiger partial charge on any atom is 0.573 e. The van der Waals surface area contributed by atoms with Crippen LogP contribution in [-0.4, -0.2) is 61.9 Å². The Kier molecular flexibility index (Phi) is 8.48. The standard InChI is InChI=1S/C26H23F3N4O4S.C2H4O2/c1-38(34,35)37-21-11-9-19(10-12-21)25(23-31-13-4-14-33(23)24(30)32-25)20-7-2-5-17(15-20)18-6-3-8-22(16-18)36-26(27,28)29;1-2(3)4/h2-3,5-12,15-16H,4,13-14H2,1H3,(H2,30,32);1H3,(H,3,4). The van der Waals surface area contributed by atoms with E-state index >= 15 is 0 Å². The van der Waals surface area contributed by atoms with Gasteiger partial charge in [-0.15, -0.1) is 13.2 Å². The highest BCUT2D eigenvalue weighted by Crippen LogP contribution is 2.43. The molecule has 2 aliphatic heterocycles. The van der Waals surface area contributed by atoms with Crippen molar-refractivity contribution in [1.82, 2.24) is 4.90 Å². The number of aliphatic carboxylic acids is 1. The third-order valence-electron chi connectivity index (χ3n) is 6.14. The van der Waals surface area contributed by atoms with Crippen LogP contribution in [0.5, 0.6) is 11.5 Å². The molecule has 14 heteroatoms. The molecule has 1 atom stereocenters. The van der Waals surface area contributed by atoms with Crippen LogP contribution in [0.1, 0.15) is 24.5 Å². The van der Waals surface area contributed by atoms with Crippen molar-refractivity contribution in [3.8, 4) is 22.6 Å². The molecule has 0 bridgehead atoms. The molecule has 0 amide bonds. The summed E-state index contributed by atoms with van der Waals surface area (Å²) in [6.45, 7) is 2.28. The number of halogens is 3. The van der Waals surface area contributed by atoms with Crippen molar-refractivity contribution in [3.63, 3.8) is 0 Å². The van der Waals surface area contributed by atoms with Gasteiger partial charge in [0.05, 0.1) is 6.26 Å². The summed E-state index contributed by atoms with van der Waals surface area (Å²) >= 11 is 0. The number of rotatable bonds is 6. The van der Waals surface area contributed by atoms with Crippen molar-refractivity contribution in [1.29, 1.82) is 0 Å². The van der Waals surface area contributed by atoms with E-state index in [1.165, 1.54) is 30.3 Å². The van der Waals surface area contributed by atoms with E-state index < -0.39 is 28.0 Å². The van der Waals surface area contributed by atoms with Gasteiger partial charge in [-0.2, -0.15) is 8.42 Å². The van der Waals surface area contributed by atoms with Gasteiger partial charge < -0.3 is 19.8 Å². The molecule has 42 heavy (non-hydrogen) atoms. The minimum atomic E-state index is -4.81. The maximum atomic E-state index is 12.8. The highest BCUT2D eigenvalue weighted by Gasteiger charge is 2.49. The van der Waals surface area contributed by atoms with Gasteiger partial charge in [0.2, 0.25) is 0 Å². The second kappa shape index (κ2) is 11.7. The molecule has 0 radical (unpaired) electrons. The number of ether oxygens (including phenoxy) is 1. The maximum absolute atomic E-state index is 12.8. The summed E-state index contributed by atoms with van der Waals surface area (Å²) in [6.07, 6.45) is -3.06. The lowest BCUT2D eigenvalue weighted by Gasteiger charge is -2.33. The number of nitrogens with zero attached hydrogens (tertiary/aromatic N) is 3. The molecule has 3 N–H and O–H groups in total. The van der Waals surface area contributed by atoms with Crippen molar-refractivity contribution in [2.45, 2.75) is 25.2 Å². The second-order valence-corrected chi connectivity index (χ2v) is 11.0. The number of nitrogens with two attached hydrogens (primary N) is 1. The SMILES string of the molecule is CC(=O)O.CS(=O)(=O)Oc1ccc(C2(c3cccc(-c4cccc(OC(F)(F)F)c4)c3)N=C(N)N3CCCN=C32)cc1. The minimum absolute atomic E-state index is 0.138. The molecule has 0 aromatic heterocycles. The second-order valence-electron chi connectivity index (χ2n) is 9.38. The quantitative estimate of drug-likeness (QED) is 0.395. The Bertz CT molecular complexity index is 1640. The van der Waals surface area contributed by atoms with Crippen LogP contribution in [0.15, 0.2) is 82.8 Å². The first-order valence-electron chi connectivity index (χ1n) is 12.5. The van der Waals surface area contributed by atoms with Crippen LogP contribution in [0.25, 0.3) is 11.1 Å². The Morgan fingerprint density at radius 2 is 1.62 bits per heavy atom. The van der Waals surface area contributed by atoms with Gasteiger partial charge in [0.1, 0.15) is 17.3 Å². The zero-order valence-corrected chi connectivity index (χ0v) is 23.3. The molecule has 0 spiro atoms. The molecule has 10 nitrogen and oxygen atoms in total. The van der Waals surface area contributed by atoms with Crippen LogP contribution >= 0.6 is 0 Å². The van der Waals surface area contributed by atoms with Gasteiger partial charge in [-0.3, -0.25) is 14.7 Å². The van der Waals surface area contributed by atoms with Crippen molar-refractivity contribution < 1.29 is 40.4 Å². The molecule has 2 aliphatic rings. The fourth-order valence-electron chi connectivity index (χ4n) is 4.70. The summed E-state index contributed by atoms with van der Waals surface area (Å²) in [5.74, 6) is -0.128. The van der Waals surface area contributed by atoms with E-state index in [1.807, 2.05) is 17.0 Å². The molecule has 1 unspecified atom stereocenters. The molecule has 2 heterocycles. The van der Waals surface area contributed by atoms with Gasteiger partial charge in [-0.25, -0.2) is 4.99 Å². The average Bonchev–Trinajstić information content (AvgIpc) is 3.21.